The Kier molecular flexibility index (Phi) is 6.08. The van der Waals surface area contributed by atoms with E-state index in [0.29, 0.717) is 18.3 Å². The second kappa shape index (κ2) is 8.48. The minimum atomic E-state index is -0.386. The molecule has 1 heterocycles. The average molecular weight is 344 g/mol. The molecule has 1 aliphatic carbocycles. The Morgan fingerprint density at radius 2 is 1.68 bits per heavy atom. The Balaban J connectivity index is 1.64. The Hall–Kier alpha value is -1.88. The average Bonchev–Trinajstić information content (AvgIpc) is 2.85. The first kappa shape index (κ1) is 17.9. The first-order valence-corrected chi connectivity index (χ1v) is 9.54. The largest absolute Gasteiger partial charge is 0.494 e. The van der Waals surface area contributed by atoms with Crippen LogP contribution in [0.3, 0.4) is 0 Å². The monoisotopic (exact) mass is 344 g/mol. The van der Waals surface area contributed by atoms with Crippen LogP contribution in [0.4, 0.5) is 5.69 Å². The van der Waals surface area contributed by atoms with Crippen molar-refractivity contribution in [2.45, 2.75) is 70.4 Å². The van der Waals surface area contributed by atoms with Crippen molar-refractivity contribution in [3.05, 3.63) is 24.3 Å². The van der Waals surface area contributed by atoms with Crippen molar-refractivity contribution in [1.82, 2.24) is 5.32 Å². The molecule has 3 rings (SSSR count). The van der Waals surface area contributed by atoms with Crippen molar-refractivity contribution in [3.8, 4) is 5.75 Å². The summed E-state index contributed by atoms with van der Waals surface area (Å²) in [7, 11) is 0. The van der Waals surface area contributed by atoms with Gasteiger partial charge in [-0.15, -0.1) is 0 Å². The molecule has 0 unspecified atom stereocenters. The molecule has 1 saturated carbocycles. The Morgan fingerprint density at radius 3 is 2.32 bits per heavy atom. The Bertz CT molecular complexity index is 591. The van der Waals surface area contributed by atoms with Crippen molar-refractivity contribution in [2.75, 3.05) is 11.5 Å². The number of amides is 2. The van der Waals surface area contributed by atoms with Crippen molar-refractivity contribution in [1.29, 1.82) is 0 Å². The number of anilines is 1. The van der Waals surface area contributed by atoms with E-state index in [1.165, 1.54) is 37.0 Å². The molecule has 2 aliphatic rings. The number of carbonyl (C=O) groups excluding carboxylic acids is 2. The maximum Gasteiger partial charge on any atom is 0.251 e. The van der Waals surface area contributed by atoms with E-state index in [2.05, 4.69) is 5.32 Å². The number of nitrogens with one attached hydrogen (secondary N) is 1. The van der Waals surface area contributed by atoms with Crippen LogP contribution in [-0.2, 0) is 9.59 Å². The molecule has 0 radical (unpaired) electrons. The van der Waals surface area contributed by atoms with Gasteiger partial charge in [0.2, 0.25) is 5.91 Å². The van der Waals surface area contributed by atoms with E-state index in [-0.39, 0.29) is 24.3 Å². The van der Waals surface area contributed by atoms with E-state index in [1.807, 2.05) is 6.92 Å². The van der Waals surface area contributed by atoms with Gasteiger partial charge in [-0.05, 0) is 44.0 Å². The summed E-state index contributed by atoms with van der Waals surface area (Å²) < 4.78 is 5.42. The minimum Gasteiger partial charge on any atom is -0.494 e. The fourth-order valence-electron chi connectivity index (χ4n) is 3.80. The van der Waals surface area contributed by atoms with Crippen LogP contribution in [0, 0.1) is 0 Å². The number of ether oxygens (including phenoxy) is 1. The third kappa shape index (κ3) is 4.40. The highest BCUT2D eigenvalue weighted by molar-refractivity contribution is 6.22. The van der Waals surface area contributed by atoms with Crippen LogP contribution >= 0.6 is 0 Å². The summed E-state index contributed by atoms with van der Waals surface area (Å²) in [5.74, 6) is 0.489. The van der Waals surface area contributed by atoms with E-state index in [0.717, 1.165) is 18.6 Å². The predicted molar refractivity (Wildman–Crippen MR) is 97.8 cm³/mol. The molecule has 1 aliphatic heterocycles. The molecule has 1 aromatic rings. The third-order valence-corrected chi connectivity index (χ3v) is 5.09. The molecule has 1 atom stereocenters. The summed E-state index contributed by atoms with van der Waals surface area (Å²) in [5.41, 5.74) is 0.625. The second-order valence-corrected chi connectivity index (χ2v) is 6.96. The molecule has 1 saturated heterocycles. The predicted octanol–water partition coefficient (Wildman–Crippen LogP) is 3.42. The summed E-state index contributed by atoms with van der Waals surface area (Å²) in [6.45, 7) is 2.52. The molecule has 0 spiro atoms. The highest BCUT2D eigenvalue weighted by Crippen LogP contribution is 2.26. The van der Waals surface area contributed by atoms with Gasteiger partial charge in [-0.1, -0.05) is 32.1 Å². The van der Waals surface area contributed by atoms with Crippen LogP contribution in [-0.4, -0.2) is 30.5 Å². The van der Waals surface area contributed by atoms with Gasteiger partial charge in [0, 0.05) is 6.04 Å². The van der Waals surface area contributed by atoms with Gasteiger partial charge in [0.15, 0.2) is 0 Å². The van der Waals surface area contributed by atoms with E-state index >= 15 is 0 Å². The Labute approximate surface area is 149 Å². The van der Waals surface area contributed by atoms with Gasteiger partial charge in [-0.3, -0.25) is 9.59 Å². The summed E-state index contributed by atoms with van der Waals surface area (Å²) in [6, 6.07) is 7.12. The van der Waals surface area contributed by atoms with Crippen LogP contribution in [0.15, 0.2) is 24.3 Å². The highest BCUT2D eigenvalue weighted by Gasteiger charge is 2.40. The van der Waals surface area contributed by atoms with Crippen molar-refractivity contribution in [2.24, 2.45) is 0 Å². The number of rotatable bonds is 5. The van der Waals surface area contributed by atoms with E-state index in [4.69, 9.17) is 4.74 Å². The highest BCUT2D eigenvalue weighted by atomic mass is 16.5. The molecular formula is C20H28N2O3. The summed E-state index contributed by atoms with van der Waals surface area (Å²) >= 11 is 0. The third-order valence-electron chi connectivity index (χ3n) is 5.09. The van der Waals surface area contributed by atoms with Gasteiger partial charge in [-0.2, -0.15) is 0 Å². The smallest absolute Gasteiger partial charge is 0.251 e. The molecule has 5 nitrogen and oxygen atoms in total. The van der Waals surface area contributed by atoms with Gasteiger partial charge < -0.3 is 10.1 Å². The first-order chi connectivity index (χ1) is 12.2. The molecule has 1 N–H and O–H groups in total. The quantitative estimate of drug-likeness (QED) is 0.832. The van der Waals surface area contributed by atoms with Crippen LogP contribution in [0.1, 0.15) is 58.3 Å². The summed E-state index contributed by atoms with van der Waals surface area (Å²) in [4.78, 5) is 26.5. The fourth-order valence-corrected chi connectivity index (χ4v) is 3.80. The minimum absolute atomic E-state index is 0.127. The number of imide groups is 1. The topological polar surface area (TPSA) is 58.6 Å². The van der Waals surface area contributed by atoms with Crippen molar-refractivity contribution >= 4 is 17.5 Å². The van der Waals surface area contributed by atoms with Gasteiger partial charge in [-0.25, -0.2) is 4.90 Å². The number of carbonyl (C=O) groups is 2. The fraction of sp³-hybridized carbons (Fsp3) is 0.600. The number of hydrogen-bond donors (Lipinski definition) is 1. The molecule has 0 bridgehead atoms. The summed E-state index contributed by atoms with van der Waals surface area (Å²) in [6.07, 6.45) is 8.72. The van der Waals surface area contributed by atoms with Crippen molar-refractivity contribution in [3.63, 3.8) is 0 Å². The number of hydrogen-bond acceptors (Lipinski definition) is 4. The molecular weight excluding hydrogens is 316 g/mol. The van der Waals surface area contributed by atoms with Crippen LogP contribution in [0.2, 0.25) is 0 Å². The molecule has 5 heteroatoms. The lowest BCUT2D eigenvalue weighted by Gasteiger charge is -2.24. The van der Waals surface area contributed by atoms with Gasteiger partial charge in [0.25, 0.3) is 5.91 Å². The van der Waals surface area contributed by atoms with Crippen LogP contribution in [0.25, 0.3) is 0 Å². The van der Waals surface area contributed by atoms with E-state index in [9.17, 15) is 9.59 Å². The van der Waals surface area contributed by atoms with Crippen LogP contribution < -0.4 is 15.0 Å². The molecule has 2 fully saturated rings. The standard InChI is InChI=1S/C20H28N2O3/c1-2-25-17-12-10-16(11-13-17)22-19(23)14-18(20(22)24)21-15-8-6-4-3-5-7-9-15/h10-13,15,18,21H,2-9,14H2,1H3/t18-/m0/s1. The second-order valence-electron chi connectivity index (χ2n) is 6.96. The lowest BCUT2D eigenvalue weighted by molar-refractivity contribution is -0.121. The molecule has 2 amide bonds. The molecule has 1 aromatic carbocycles. The molecule has 25 heavy (non-hydrogen) atoms. The zero-order valence-corrected chi connectivity index (χ0v) is 15.0. The van der Waals surface area contributed by atoms with Gasteiger partial charge >= 0.3 is 0 Å². The zero-order valence-electron chi connectivity index (χ0n) is 15.0. The first-order valence-electron chi connectivity index (χ1n) is 9.54. The maximum atomic E-state index is 12.8. The molecule has 136 valence electrons. The van der Waals surface area contributed by atoms with Gasteiger partial charge in [0.1, 0.15) is 5.75 Å². The number of benzene rings is 1. The van der Waals surface area contributed by atoms with E-state index in [1.54, 1.807) is 24.3 Å². The zero-order chi connectivity index (χ0) is 17.6. The maximum absolute atomic E-state index is 12.8. The van der Waals surface area contributed by atoms with Crippen LogP contribution in [0.5, 0.6) is 5.75 Å². The van der Waals surface area contributed by atoms with Crippen molar-refractivity contribution < 1.29 is 14.3 Å². The summed E-state index contributed by atoms with van der Waals surface area (Å²) in [5, 5.41) is 3.46. The lowest BCUT2D eigenvalue weighted by atomic mass is 9.96. The Morgan fingerprint density at radius 1 is 1.04 bits per heavy atom. The SMILES string of the molecule is CCOc1ccc(N2C(=O)C[C@H](NC3CCCCCCC3)C2=O)cc1. The van der Waals surface area contributed by atoms with E-state index < -0.39 is 0 Å². The lowest BCUT2D eigenvalue weighted by Crippen LogP contribution is -2.44. The normalized spacial score (nSPS) is 22.8. The molecule has 0 aromatic heterocycles. The number of nitrogens with zero attached hydrogens (tertiary/aromatic N) is 1. The van der Waals surface area contributed by atoms with Gasteiger partial charge in [0.05, 0.1) is 24.8 Å².